The van der Waals surface area contributed by atoms with Crippen molar-refractivity contribution >= 4 is 46.9 Å². The van der Waals surface area contributed by atoms with E-state index < -0.39 is 17.8 Å². The number of aromatic carboxylic acids is 1. The number of hydrogen-bond donors (Lipinski definition) is 2. The number of carboxylic acids is 1. The number of carbonyl (C=O) groups excluding carboxylic acids is 2. The van der Waals surface area contributed by atoms with Crippen LogP contribution in [0.1, 0.15) is 27.2 Å². The third-order valence-electron chi connectivity index (χ3n) is 5.29. The molecule has 0 spiro atoms. The first-order chi connectivity index (χ1) is 15.3. The number of nitrogens with zero attached hydrogens (tertiary/aromatic N) is 2. The molecule has 0 bridgehead atoms. The summed E-state index contributed by atoms with van der Waals surface area (Å²) in [7, 11) is 0. The van der Waals surface area contributed by atoms with Crippen LogP contribution in [0.5, 0.6) is 0 Å². The molecule has 1 saturated heterocycles. The van der Waals surface area contributed by atoms with E-state index in [-0.39, 0.29) is 16.2 Å². The molecule has 2 aromatic carbocycles. The Balaban J connectivity index is 1.75. The van der Waals surface area contributed by atoms with Crippen LogP contribution in [-0.4, -0.2) is 32.6 Å². The quantitative estimate of drug-likeness (QED) is 0.364. The van der Waals surface area contributed by atoms with Gasteiger partial charge in [-0.25, -0.2) is 4.79 Å². The molecule has 0 saturated carbocycles. The molecule has 0 aliphatic carbocycles. The summed E-state index contributed by atoms with van der Waals surface area (Å²) in [6.07, 6.45) is 3.20. The molecule has 1 aromatic heterocycles. The fourth-order valence-electron chi connectivity index (χ4n) is 3.44. The predicted octanol–water partition coefficient (Wildman–Crippen LogP) is 3.62. The van der Waals surface area contributed by atoms with E-state index in [0.717, 1.165) is 11.1 Å². The van der Waals surface area contributed by atoms with Crippen LogP contribution in [0.15, 0.2) is 66.4 Å². The highest BCUT2D eigenvalue weighted by Gasteiger charge is 2.34. The first-order valence-corrected chi connectivity index (χ1v) is 10.2. The van der Waals surface area contributed by atoms with E-state index in [1.807, 2.05) is 26.0 Å². The minimum absolute atomic E-state index is 0.0185. The summed E-state index contributed by atoms with van der Waals surface area (Å²) in [4.78, 5) is 38.5. The highest BCUT2D eigenvalue weighted by atomic mass is 32.1. The molecule has 2 amide bonds. The Morgan fingerprint density at radius 2 is 1.78 bits per heavy atom. The predicted molar refractivity (Wildman–Crippen MR) is 125 cm³/mol. The Morgan fingerprint density at radius 1 is 1.00 bits per heavy atom. The molecule has 3 aromatic rings. The van der Waals surface area contributed by atoms with Gasteiger partial charge in [0.25, 0.3) is 11.8 Å². The topological polar surface area (TPSA) is 91.6 Å². The zero-order valence-corrected chi connectivity index (χ0v) is 18.1. The van der Waals surface area contributed by atoms with E-state index >= 15 is 0 Å². The van der Waals surface area contributed by atoms with Gasteiger partial charge < -0.3 is 9.67 Å². The van der Waals surface area contributed by atoms with Crippen molar-refractivity contribution in [1.29, 1.82) is 0 Å². The SMILES string of the molecule is Cc1ccc(N2C(=O)/C(=C/c3cccn3-c3cccc(C(=O)O)c3)C(=O)NC2=S)cc1C. The van der Waals surface area contributed by atoms with Crippen LogP contribution in [0, 0.1) is 13.8 Å². The van der Waals surface area contributed by atoms with Gasteiger partial charge in [-0.3, -0.25) is 19.8 Å². The lowest BCUT2D eigenvalue weighted by molar-refractivity contribution is -0.122. The van der Waals surface area contributed by atoms with Crippen LogP contribution in [0.4, 0.5) is 5.69 Å². The smallest absolute Gasteiger partial charge is 0.335 e. The molecule has 1 aliphatic heterocycles. The second-order valence-electron chi connectivity index (χ2n) is 7.38. The number of nitrogens with one attached hydrogen (secondary N) is 1. The zero-order chi connectivity index (χ0) is 23.0. The summed E-state index contributed by atoms with van der Waals surface area (Å²) in [5, 5.41) is 11.9. The number of aryl methyl sites for hydroxylation is 2. The van der Waals surface area contributed by atoms with Crippen molar-refractivity contribution in [2.24, 2.45) is 0 Å². The number of anilines is 1. The summed E-state index contributed by atoms with van der Waals surface area (Å²) in [6.45, 7) is 3.90. The lowest BCUT2D eigenvalue weighted by Crippen LogP contribution is -2.54. The summed E-state index contributed by atoms with van der Waals surface area (Å²) < 4.78 is 1.70. The van der Waals surface area contributed by atoms with Crippen LogP contribution in [0.3, 0.4) is 0 Å². The standard InChI is InChI=1S/C24H19N3O4S/c1-14-8-9-19(11-15(14)2)27-22(29)20(21(28)25-24(27)32)13-18-7-4-10-26(18)17-6-3-5-16(12-17)23(30)31/h3-13H,1-2H3,(H,30,31)(H,25,28,32)/b20-13+. The van der Waals surface area contributed by atoms with Crippen molar-refractivity contribution in [2.75, 3.05) is 4.90 Å². The fourth-order valence-corrected chi connectivity index (χ4v) is 3.72. The molecule has 160 valence electrons. The molecule has 2 heterocycles. The Hall–Kier alpha value is -4.04. The molecule has 0 unspecified atom stereocenters. The molecule has 2 N–H and O–H groups in total. The van der Waals surface area contributed by atoms with E-state index in [9.17, 15) is 19.5 Å². The fraction of sp³-hybridized carbons (Fsp3) is 0.0833. The molecule has 1 aliphatic rings. The number of carbonyl (C=O) groups is 3. The number of benzene rings is 2. The van der Waals surface area contributed by atoms with Gasteiger partial charge in [0.05, 0.1) is 11.3 Å². The molecule has 4 rings (SSSR count). The molecule has 7 nitrogen and oxygen atoms in total. The second-order valence-corrected chi connectivity index (χ2v) is 7.77. The summed E-state index contributed by atoms with van der Waals surface area (Å²) in [5.41, 5.74) is 3.82. The number of amides is 2. The minimum Gasteiger partial charge on any atom is -0.478 e. The van der Waals surface area contributed by atoms with Gasteiger partial charge in [0.15, 0.2) is 5.11 Å². The van der Waals surface area contributed by atoms with Gasteiger partial charge in [0.2, 0.25) is 0 Å². The van der Waals surface area contributed by atoms with Gasteiger partial charge in [0, 0.05) is 17.6 Å². The summed E-state index contributed by atoms with van der Waals surface area (Å²) >= 11 is 5.27. The van der Waals surface area contributed by atoms with E-state index in [1.54, 1.807) is 41.1 Å². The number of aromatic nitrogens is 1. The van der Waals surface area contributed by atoms with Crippen molar-refractivity contribution in [3.63, 3.8) is 0 Å². The lowest BCUT2D eigenvalue weighted by Gasteiger charge is -2.29. The number of thiocarbonyl (C=S) groups is 1. The molecular weight excluding hydrogens is 426 g/mol. The van der Waals surface area contributed by atoms with Crippen LogP contribution in [0.25, 0.3) is 11.8 Å². The van der Waals surface area contributed by atoms with Gasteiger partial charge in [-0.1, -0.05) is 12.1 Å². The number of hydrogen-bond acceptors (Lipinski definition) is 4. The third kappa shape index (κ3) is 3.83. The summed E-state index contributed by atoms with van der Waals surface area (Å²) in [5.74, 6) is -2.17. The Morgan fingerprint density at radius 3 is 2.50 bits per heavy atom. The summed E-state index contributed by atoms with van der Waals surface area (Å²) in [6, 6.07) is 15.4. The molecule has 0 atom stereocenters. The van der Waals surface area contributed by atoms with E-state index in [4.69, 9.17) is 12.2 Å². The maximum Gasteiger partial charge on any atom is 0.335 e. The average molecular weight is 446 g/mol. The van der Waals surface area contributed by atoms with Crippen molar-refractivity contribution in [3.05, 3.63) is 88.8 Å². The minimum atomic E-state index is -1.04. The molecular formula is C24H19N3O4S. The van der Waals surface area contributed by atoms with E-state index in [1.165, 1.54) is 23.1 Å². The molecule has 32 heavy (non-hydrogen) atoms. The first-order valence-electron chi connectivity index (χ1n) is 9.76. The largest absolute Gasteiger partial charge is 0.478 e. The Bertz CT molecular complexity index is 1320. The monoisotopic (exact) mass is 445 g/mol. The van der Waals surface area contributed by atoms with Crippen LogP contribution >= 0.6 is 12.2 Å². The first kappa shape index (κ1) is 21.2. The van der Waals surface area contributed by atoms with Crippen molar-refractivity contribution in [2.45, 2.75) is 13.8 Å². The van der Waals surface area contributed by atoms with Gasteiger partial charge in [0.1, 0.15) is 5.57 Å². The lowest BCUT2D eigenvalue weighted by atomic mass is 10.1. The Kier molecular flexibility index (Phi) is 5.46. The van der Waals surface area contributed by atoms with Gasteiger partial charge in [-0.2, -0.15) is 0 Å². The van der Waals surface area contributed by atoms with E-state index in [0.29, 0.717) is 17.1 Å². The van der Waals surface area contributed by atoms with Gasteiger partial charge >= 0.3 is 5.97 Å². The Labute approximate surface area is 189 Å². The van der Waals surface area contributed by atoms with Crippen molar-refractivity contribution in [1.82, 2.24) is 9.88 Å². The van der Waals surface area contributed by atoms with Gasteiger partial charge in [-0.05, 0) is 85.7 Å². The highest BCUT2D eigenvalue weighted by Crippen LogP contribution is 2.25. The van der Waals surface area contributed by atoms with Crippen LogP contribution in [0.2, 0.25) is 0 Å². The third-order valence-corrected chi connectivity index (χ3v) is 5.58. The van der Waals surface area contributed by atoms with Crippen molar-refractivity contribution < 1.29 is 19.5 Å². The molecule has 0 radical (unpaired) electrons. The van der Waals surface area contributed by atoms with E-state index in [2.05, 4.69) is 5.32 Å². The van der Waals surface area contributed by atoms with Crippen molar-refractivity contribution in [3.8, 4) is 5.69 Å². The van der Waals surface area contributed by atoms with Gasteiger partial charge in [-0.15, -0.1) is 0 Å². The molecule has 1 fully saturated rings. The molecule has 8 heteroatoms. The zero-order valence-electron chi connectivity index (χ0n) is 17.3. The highest BCUT2D eigenvalue weighted by molar-refractivity contribution is 7.80. The number of rotatable bonds is 4. The normalized spacial score (nSPS) is 15.2. The maximum absolute atomic E-state index is 13.3. The second kappa shape index (κ2) is 8.24. The average Bonchev–Trinajstić information content (AvgIpc) is 3.22. The van der Waals surface area contributed by atoms with Crippen LogP contribution < -0.4 is 10.2 Å². The van der Waals surface area contributed by atoms with Crippen LogP contribution in [-0.2, 0) is 9.59 Å². The maximum atomic E-state index is 13.3. The number of carboxylic acid groups (broad SMARTS) is 1.